The maximum atomic E-state index is 12.8. The first-order valence-corrected chi connectivity index (χ1v) is 13.1. The van der Waals surface area contributed by atoms with E-state index in [-0.39, 0.29) is 36.2 Å². The van der Waals surface area contributed by atoms with Gasteiger partial charge >= 0.3 is 6.36 Å². The second-order valence-electron chi connectivity index (χ2n) is 9.82. The van der Waals surface area contributed by atoms with Crippen molar-refractivity contribution in [3.8, 4) is 11.5 Å². The number of benzene rings is 2. The molecule has 1 saturated carbocycles. The van der Waals surface area contributed by atoms with E-state index in [9.17, 15) is 13.2 Å². The smallest absolute Gasteiger partial charge is 0.496 e. The van der Waals surface area contributed by atoms with Gasteiger partial charge in [-0.05, 0) is 62.4 Å². The van der Waals surface area contributed by atoms with Gasteiger partial charge in [-0.3, -0.25) is 4.90 Å². The number of hydrogen-bond donors (Lipinski definition) is 2. The van der Waals surface area contributed by atoms with E-state index in [1.54, 1.807) is 14.2 Å². The highest BCUT2D eigenvalue weighted by Crippen LogP contribution is 2.33. The van der Waals surface area contributed by atoms with E-state index in [4.69, 9.17) is 14.2 Å². The van der Waals surface area contributed by atoms with E-state index in [1.165, 1.54) is 25.3 Å². The third-order valence-electron chi connectivity index (χ3n) is 7.53. The molecule has 0 spiro atoms. The molecule has 210 valence electrons. The van der Waals surface area contributed by atoms with Crippen molar-refractivity contribution in [2.75, 3.05) is 33.2 Å². The highest BCUT2D eigenvalue weighted by Gasteiger charge is 2.43. The molecule has 2 fully saturated rings. The largest absolute Gasteiger partial charge is 0.573 e. The van der Waals surface area contributed by atoms with Crippen molar-refractivity contribution in [3.63, 3.8) is 0 Å². The molecular formula is C28H38F3N3O4. The number of nitrogens with zero attached hydrogens (tertiary/aromatic N) is 1. The lowest BCUT2D eigenvalue weighted by atomic mass is 9.86. The number of likely N-dealkylation sites (tertiary alicyclic amines) is 1. The first kappa shape index (κ1) is 28.5. The van der Waals surface area contributed by atoms with Crippen LogP contribution in [-0.2, 0) is 16.0 Å². The minimum atomic E-state index is -4.76. The lowest BCUT2D eigenvalue weighted by Crippen LogP contribution is -2.64. The molecule has 5 atom stereocenters. The lowest BCUT2D eigenvalue weighted by molar-refractivity contribution is -0.274. The summed E-state index contributed by atoms with van der Waals surface area (Å²) >= 11 is 0. The molecule has 0 aromatic heterocycles. The molecule has 1 heterocycles. The number of anilines is 1. The quantitative estimate of drug-likeness (QED) is 0.434. The van der Waals surface area contributed by atoms with E-state index in [0.717, 1.165) is 44.3 Å². The fourth-order valence-corrected chi connectivity index (χ4v) is 5.85. The summed E-state index contributed by atoms with van der Waals surface area (Å²) in [5, 5.41) is 7.33. The number of methoxy groups -OCH3 is 3. The third kappa shape index (κ3) is 7.11. The predicted molar refractivity (Wildman–Crippen MR) is 139 cm³/mol. The zero-order valence-electron chi connectivity index (χ0n) is 22.2. The van der Waals surface area contributed by atoms with Crippen LogP contribution in [0.1, 0.15) is 37.7 Å². The van der Waals surface area contributed by atoms with Gasteiger partial charge in [0.1, 0.15) is 11.5 Å². The molecule has 0 radical (unpaired) electrons. The molecule has 0 bridgehead atoms. The molecule has 2 aromatic carbocycles. The number of alkyl halides is 3. The van der Waals surface area contributed by atoms with Crippen molar-refractivity contribution in [1.29, 1.82) is 0 Å². The molecule has 0 amide bonds. The van der Waals surface area contributed by atoms with Gasteiger partial charge in [-0.15, -0.1) is 13.2 Å². The van der Waals surface area contributed by atoms with E-state index in [2.05, 4.69) is 20.3 Å². The van der Waals surface area contributed by atoms with Crippen LogP contribution in [0.2, 0.25) is 0 Å². The summed E-state index contributed by atoms with van der Waals surface area (Å²) in [7, 11) is 4.99. The maximum absolute atomic E-state index is 12.8. The molecule has 10 heteroatoms. The zero-order chi connectivity index (χ0) is 27.1. The van der Waals surface area contributed by atoms with Crippen LogP contribution in [0.5, 0.6) is 11.5 Å². The third-order valence-corrected chi connectivity index (χ3v) is 7.53. The number of para-hydroxylation sites is 1. The molecule has 2 N–H and O–H groups in total. The fourth-order valence-electron chi connectivity index (χ4n) is 5.85. The number of halogens is 3. The standard InChI is InChI=1S/C28H38F3N3O4/c1-35-24-15-14-21(38-28(29,30)31)17-19(24)18-32-22-11-8-16-34(27(22)33-20-9-5-4-6-10-20)23-12-7-13-25(36-2)26(23)37-3/h4-6,9-10,14-15,17,22-23,25-27,32-33H,7-8,11-13,16,18H2,1-3H3/t22-,23?,25?,26?,27+/m0/s1. The van der Waals surface area contributed by atoms with E-state index >= 15 is 0 Å². The normalized spacial score (nSPS) is 26.6. The van der Waals surface area contributed by atoms with Crippen molar-refractivity contribution < 1.29 is 32.1 Å². The van der Waals surface area contributed by atoms with Gasteiger partial charge in [-0.25, -0.2) is 0 Å². The number of piperidine rings is 1. The zero-order valence-corrected chi connectivity index (χ0v) is 22.2. The predicted octanol–water partition coefficient (Wildman–Crippen LogP) is 5.17. The van der Waals surface area contributed by atoms with Gasteiger partial charge < -0.3 is 29.6 Å². The van der Waals surface area contributed by atoms with Crippen LogP contribution in [0.15, 0.2) is 48.5 Å². The molecule has 1 aliphatic heterocycles. The Balaban J connectivity index is 1.57. The Bertz CT molecular complexity index is 1010. The van der Waals surface area contributed by atoms with Crippen LogP contribution in [0.4, 0.5) is 18.9 Å². The Morgan fingerprint density at radius 3 is 2.42 bits per heavy atom. The summed E-state index contributed by atoms with van der Waals surface area (Å²) in [6, 6.07) is 14.4. The molecule has 2 aliphatic rings. The highest BCUT2D eigenvalue weighted by atomic mass is 19.4. The summed E-state index contributed by atoms with van der Waals surface area (Å²) in [6.07, 6.45) is 0.0596. The fraction of sp³-hybridized carbons (Fsp3) is 0.571. The Morgan fingerprint density at radius 2 is 1.74 bits per heavy atom. The number of hydrogen-bond acceptors (Lipinski definition) is 7. The topological polar surface area (TPSA) is 64.2 Å². The van der Waals surface area contributed by atoms with Gasteiger partial charge in [0, 0.05) is 50.6 Å². The number of nitrogens with one attached hydrogen (secondary N) is 2. The SMILES string of the molecule is COc1ccc(OC(F)(F)F)cc1CN[C@H]1CCCN(C2CCCC(OC)C2OC)[C@H]1Nc1ccccc1. The molecule has 1 saturated heterocycles. The average Bonchev–Trinajstić information content (AvgIpc) is 2.91. The first-order valence-electron chi connectivity index (χ1n) is 13.1. The molecule has 1 aliphatic carbocycles. The summed E-state index contributed by atoms with van der Waals surface area (Å²) in [5.74, 6) is 0.233. The van der Waals surface area contributed by atoms with Crippen molar-refractivity contribution in [2.45, 2.75) is 75.5 Å². The second kappa shape index (κ2) is 13.0. The summed E-state index contributed by atoms with van der Waals surface area (Å²) in [5.41, 5.74) is 1.60. The maximum Gasteiger partial charge on any atom is 0.573 e. The van der Waals surface area contributed by atoms with Crippen LogP contribution in [0.3, 0.4) is 0 Å². The van der Waals surface area contributed by atoms with Crippen LogP contribution in [-0.4, -0.2) is 69.6 Å². The second-order valence-corrected chi connectivity index (χ2v) is 9.82. The van der Waals surface area contributed by atoms with E-state index in [0.29, 0.717) is 17.9 Å². The Labute approximate surface area is 222 Å². The van der Waals surface area contributed by atoms with Crippen molar-refractivity contribution in [1.82, 2.24) is 10.2 Å². The number of rotatable bonds is 10. The monoisotopic (exact) mass is 537 g/mol. The molecule has 3 unspecified atom stereocenters. The van der Waals surface area contributed by atoms with E-state index in [1.807, 2.05) is 30.3 Å². The minimum absolute atomic E-state index is 0.0151. The molecule has 2 aromatic rings. The number of ether oxygens (including phenoxy) is 4. The van der Waals surface area contributed by atoms with Gasteiger partial charge in [0.25, 0.3) is 0 Å². The first-order chi connectivity index (χ1) is 18.3. The van der Waals surface area contributed by atoms with Crippen molar-refractivity contribution >= 4 is 5.69 Å². The van der Waals surface area contributed by atoms with Gasteiger partial charge in [-0.2, -0.15) is 0 Å². The molecule has 38 heavy (non-hydrogen) atoms. The van der Waals surface area contributed by atoms with Crippen molar-refractivity contribution in [2.24, 2.45) is 0 Å². The Morgan fingerprint density at radius 1 is 0.947 bits per heavy atom. The summed E-state index contributed by atoms with van der Waals surface area (Å²) in [4.78, 5) is 2.48. The van der Waals surface area contributed by atoms with Crippen molar-refractivity contribution in [3.05, 3.63) is 54.1 Å². The van der Waals surface area contributed by atoms with Gasteiger partial charge in [0.15, 0.2) is 0 Å². The van der Waals surface area contributed by atoms with E-state index < -0.39 is 6.36 Å². The average molecular weight is 538 g/mol. The van der Waals surface area contributed by atoms with Crippen LogP contribution >= 0.6 is 0 Å². The molecular weight excluding hydrogens is 499 g/mol. The summed E-state index contributed by atoms with van der Waals surface area (Å²) < 4.78 is 59.8. The van der Waals surface area contributed by atoms with Crippen LogP contribution in [0, 0.1) is 0 Å². The van der Waals surface area contributed by atoms with Gasteiger partial charge in [-0.1, -0.05) is 18.2 Å². The Kier molecular flexibility index (Phi) is 9.75. The molecule has 7 nitrogen and oxygen atoms in total. The van der Waals surface area contributed by atoms with Gasteiger partial charge in [0.2, 0.25) is 0 Å². The van der Waals surface area contributed by atoms with Crippen LogP contribution < -0.4 is 20.1 Å². The minimum Gasteiger partial charge on any atom is -0.496 e. The molecule has 4 rings (SSSR count). The highest BCUT2D eigenvalue weighted by molar-refractivity contribution is 5.44. The van der Waals surface area contributed by atoms with Gasteiger partial charge in [0.05, 0.1) is 25.5 Å². The summed E-state index contributed by atoms with van der Waals surface area (Å²) in [6.45, 7) is 1.23. The lowest BCUT2D eigenvalue weighted by Gasteiger charge is -2.50. The Hall–Kier alpha value is -2.53. The van der Waals surface area contributed by atoms with Crippen LogP contribution in [0.25, 0.3) is 0 Å².